The summed E-state index contributed by atoms with van der Waals surface area (Å²) in [6.07, 6.45) is 2.87. The molecule has 0 amide bonds. The zero-order valence-electron chi connectivity index (χ0n) is 12.0. The molecule has 0 spiro atoms. The highest BCUT2D eigenvalue weighted by molar-refractivity contribution is 6.30. The maximum Gasteiger partial charge on any atom is 0.157 e. The summed E-state index contributed by atoms with van der Waals surface area (Å²) in [6, 6.07) is 17.5. The molecule has 0 fully saturated rings. The molecule has 0 aliphatic rings. The van der Waals surface area contributed by atoms with E-state index in [0.29, 0.717) is 17.9 Å². The predicted molar refractivity (Wildman–Crippen MR) is 88.6 cm³/mol. The van der Waals surface area contributed by atoms with Gasteiger partial charge in [0.15, 0.2) is 5.78 Å². The summed E-state index contributed by atoms with van der Waals surface area (Å²) < 4.78 is 0. The van der Waals surface area contributed by atoms with Crippen molar-refractivity contribution in [3.05, 3.63) is 77.0 Å². The summed E-state index contributed by atoms with van der Waals surface area (Å²) in [5.74, 6) is 0.113. The Hall–Kier alpha value is -2.06. The van der Waals surface area contributed by atoms with E-state index in [2.05, 4.69) is 5.32 Å². The van der Waals surface area contributed by atoms with Crippen LogP contribution < -0.4 is 5.32 Å². The van der Waals surface area contributed by atoms with Crippen LogP contribution in [-0.2, 0) is 11.2 Å². The Morgan fingerprint density at radius 3 is 2.38 bits per heavy atom. The molecule has 1 N–H and O–H groups in total. The summed E-state index contributed by atoms with van der Waals surface area (Å²) in [4.78, 5) is 11.7. The van der Waals surface area contributed by atoms with Crippen molar-refractivity contribution in [1.29, 1.82) is 0 Å². The molecule has 21 heavy (non-hydrogen) atoms. The van der Waals surface area contributed by atoms with Crippen LogP contribution in [0.5, 0.6) is 0 Å². The fraction of sp³-hybridized carbons (Fsp3) is 0.167. The molecule has 0 unspecified atom stereocenters. The van der Waals surface area contributed by atoms with Crippen molar-refractivity contribution in [2.24, 2.45) is 0 Å². The standard InChI is InChI=1S/C18H18ClNO/c1-2-18(21)13-17(12-14-6-4-3-5-7-14)20-16-10-8-15(19)9-11-16/h3-11,13,20H,2,12H2,1H3/b17-13-. The number of benzene rings is 2. The lowest BCUT2D eigenvalue weighted by molar-refractivity contribution is -0.114. The zero-order valence-corrected chi connectivity index (χ0v) is 12.7. The molecule has 0 saturated carbocycles. The van der Waals surface area contributed by atoms with E-state index in [1.807, 2.05) is 61.5 Å². The van der Waals surface area contributed by atoms with Crippen LogP contribution in [0, 0.1) is 0 Å². The van der Waals surface area contributed by atoms with Crippen molar-refractivity contribution in [2.45, 2.75) is 19.8 Å². The first-order valence-corrected chi connectivity index (χ1v) is 7.35. The average Bonchev–Trinajstić information content (AvgIpc) is 2.50. The molecule has 0 aliphatic heterocycles. The first-order chi connectivity index (χ1) is 10.2. The largest absolute Gasteiger partial charge is 0.359 e. The van der Waals surface area contributed by atoms with Gasteiger partial charge in [-0.05, 0) is 29.8 Å². The van der Waals surface area contributed by atoms with Gasteiger partial charge in [-0.25, -0.2) is 0 Å². The summed E-state index contributed by atoms with van der Waals surface area (Å²) in [5, 5.41) is 3.99. The SMILES string of the molecule is CCC(=O)/C=C(/Cc1ccccc1)Nc1ccc(Cl)cc1. The number of carbonyl (C=O) groups excluding carboxylic acids is 1. The number of halogens is 1. The lowest BCUT2D eigenvalue weighted by Crippen LogP contribution is -2.06. The van der Waals surface area contributed by atoms with Gasteiger partial charge in [0.1, 0.15) is 0 Å². The molecule has 0 bridgehead atoms. The van der Waals surface area contributed by atoms with E-state index in [-0.39, 0.29) is 5.78 Å². The summed E-state index contributed by atoms with van der Waals surface area (Å²) in [6.45, 7) is 1.86. The molecule has 0 atom stereocenters. The number of rotatable bonds is 6. The quantitative estimate of drug-likeness (QED) is 0.772. The molecule has 0 heterocycles. The molecular weight excluding hydrogens is 282 g/mol. The maximum absolute atomic E-state index is 11.7. The van der Waals surface area contributed by atoms with E-state index >= 15 is 0 Å². The van der Waals surface area contributed by atoms with Crippen LogP contribution in [0.25, 0.3) is 0 Å². The van der Waals surface area contributed by atoms with Crippen molar-refractivity contribution in [3.8, 4) is 0 Å². The molecule has 0 aromatic heterocycles. The highest BCUT2D eigenvalue weighted by Crippen LogP contribution is 2.17. The Kier molecular flexibility index (Phi) is 5.59. The molecule has 2 aromatic rings. The van der Waals surface area contributed by atoms with E-state index in [4.69, 9.17) is 11.6 Å². The first-order valence-electron chi connectivity index (χ1n) is 6.97. The summed E-state index contributed by atoms with van der Waals surface area (Å²) in [5.41, 5.74) is 2.97. The maximum atomic E-state index is 11.7. The number of hydrogen-bond acceptors (Lipinski definition) is 2. The van der Waals surface area contributed by atoms with Crippen LogP contribution in [0.15, 0.2) is 66.4 Å². The van der Waals surface area contributed by atoms with Crippen LogP contribution in [-0.4, -0.2) is 5.78 Å². The van der Waals surface area contributed by atoms with Gasteiger partial charge in [-0.3, -0.25) is 4.79 Å². The van der Waals surface area contributed by atoms with Crippen molar-refractivity contribution in [3.63, 3.8) is 0 Å². The van der Waals surface area contributed by atoms with E-state index in [0.717, 1.165) is 16.9 Å². The Balaban J connectivity index is 2.18. The second kappa shape index (κ2) is 7.65. The van der Waals surface area contributed by atoms with Gasteiger partial charge in [-0.15, -0.1) is 0 Å². The van der Waals surface area contributed by atoms with Gasteiger partial charge < -0.3 is 5.32 Å². The fourth-order valence-electron chi connectivity index (χ4n) is 1.96. The molecular formula is C18H18ClNO. The molecule has 2 aromatic carbocycles. The Labute approximate surface area is 130 Å². The third kappa shape index (κ3) is 5.09. The van der Waals surface area contributed by atoms with Gasteiger partial charge in [0, 0.05) is 35.3 Å². The molecule has 0 radical (unpaired) electrons. The van der Waals surface area contributed by atoms with E-state index < -0.39 is 0 Å². The van der Waals surface area contributed by atoms with Gasteiger partial charge in [0.2, 0.25) is 0 Å². The van der Waals surface area contributed by atoms with Crippen molar-refractivity contribution >= 4 is 23.1 Å². The van der Waals surface area contributed by atoms with Crippen LogP contribution in [0.4, 0.5) is 5.69 Å². The molecule has 0 aliphatic carbocycles. The van der Waals surface area contributed by atoms with Crippen LogP contribution in [0.2, 0.25) is 5.02 Å². The molecule has 2 nitrogen and oxygen atoms in total. The Morgan fingerprint density at radius 1 is 1.10 bits per heavy atom. The topological polar surface area (TPSA) is 29.1 Å². The first kappa shape index (κ1) is 15.3. The Bertz CT molecular complexity index is 617. The molecule has 3 heteroatoms. The van der Waals surface area contributed by atoms with Gasteiger partial charge in [-0.1, -0.05) is 48.9 Å². The second-order valence-electron chi connectivity index (χ2n) is 4.78. The van der Waals surface area contributed by atoms with Crippen molar-refractivity contribution in [2.75, 3.05) is 5.32 Å². The van der Waals surface area contributed by atoms with E-state index in [1.165, 1.54) is 0 Å². The second-order valence-corrected chi connectivity index (χ2v) is 5.22. The van der Waals surface area contributed by atoms with Gasteiger partial charge in [0.25, 0.3) is 0 Å². The predicted octanol–water partition coefficient (Wildman–Crippen LogP) is 4.86. The van der Waals surface area contributed by atoms with Gasteiger partial charge in [0.05, 0.1) is 0 Å². The van der Waals surface area contributed by atoms with Crippen LogP contribution in [0.3, 0.4) is 0 Å². The van der Waals surface area contributed by atoms with E-state index in [9.17, 15) is 4.79 Å². The minimum absolute atomic E-state index is 0.113. The number of allylic oxidation sites excluding steroid dienone is 2. The third-order valence-corrected chi connectivity index (χ3v) is 3.32. The lowest BCUT2D eigenvalue weighted by atomic mass is 10.1. The third-order valence-electron chi connectivity index (χ3n) is 3.07. The van der Waals surface area contributed by atoms with Gasteiger partial charge >= 0.3 is 0 Å². The van der Waals surface area contributed by atoms with Crippen LogP contribution in [0.1, 0.15) is 18.9 Å². The van der Waals surface area contributed by atoms with Crippen molar-refractivity contribution < 1.29 is 4.79 Å². The minimum Gasteiger partial charge on any atom is -0.359 e. The number of nitrogens with one attached hydrogen (secondary N) is 1. The Morgan fingerprint density at radius 2 is 1.76 bits per heavy atom. The van der Waals surface area contributed by atoms with Crippen LogP contribution >= 0.6 is 11.6 Å². The monoisotopic (exact) mass is 299 g/mol. The molecule has 108 valence electrons. The number of hydrogen-bond donors (Lipinski definition) is 1. The smallest absolute Gasteiger partial charge is 0.157 e. The molecule has 2 rings (SSSR count). The minimum atomic E-state index is 0.113. The highest BCUT2D eigenvalue weighted by atomic mass is 35.5. The normalized spacial score (nSPS) is 11.2. The lowest BCUT2D eigenvalue weighted by Gasteiger charge is -2.11. The average molecular weight is 300 g/mol. The van der Waals surface area contributed by atoms with E-state index in [1.54, 1.807) is 6.08 Å². The summed E-state index contributed by atoms with van der Waals surface area (Å²) in [7, 11) is 0. The highest BCUT2D eigenvalue weighted by Gasteiger charge is 2.04. The number of ketones is 1. The van der Waals surface area contributed by atoms with Crippen molar-refractivity contribution in [1.82, 2.24) is 0 Å². The number of anilines is 1. The fourth-order valence-corrected chi connectivity index (χ4v) is 2.09. The number of carbonyl (C=O) groups is 1. The summed E-state index contributed by atoms with van der Waals surface area (Å²) >= 11 is 5.89. The molecule has 0 saturated heterocycles. The van der Waals surface area contributed by atoms with Gasteiger partial charge in [-0.2, -0.15) is 0 Å². The zero-order chi connectivity index (χ0) is 15.1.